The molecule has 0 unspecified atom stereocenters. The van der Waals surface area contributed by atoms with E-state index in [9.17, 15) is 9.59 Å². The van der Waals surface area contributed by atoms with E-state index in [0.29, 0.717) is 23.2 Å². The predicted molar refractivity (Wildman–Crippen MR) is 108 cm³/mol. The monoisotopic (exact) mass is 395 g/mol. The third-order valence-corrected chi connectivity index (χ3v) is 4.84. The van der Waals surface area contributed by atoms with Crippen LogP contribution in [0, 0.1) is 13.8 Å². The first kappa shape index (κ1) is 19.8. The first-order valence-corrected chi connectivity index (χ1v) is 9.81. The lowest BCUT2D eigenvalue weighted by molar-refractivity contribution is -0.119. The molecule has 1 aromatic heterocycles. The Kier molecular flexibility index (Phi) is 6.26. The Balaban J connectivity index is 1.59. The normalized spacial score (nSPS) is 10.7. The van der Waals surface area contributed by atoms with Gasteiger partial charge in [0.2, 0.25) is 11.8 Å². The number of rotatable bonds is 7. The van der Waals surface area contributed by atoms with Gasteiger partial charge < -0.3 is 9.73 Å². The molecule has 0 bridgehead atoms. The molecule has 6 nitrogen and oxygen atoms in total. The summed E-state index contributed by atoms with van der Waals surface area (Å²) in [5, 5.41) is 11.2. The molecule has 1 N–H and O–H groups in total. The van der Waals surface area contributed by atoms with Gasteiger partial charge in [-0.15, -0.1) is 10.2 Å². The highest BCUT2D eigenvalue weighted by Crippen LogP contribution is 2.25. The minimum absolute atomic E-state index is 0.0257. The van der Waals surface area contributed by atoms with Crippen molar-refractivity contribution in [1.82, 2.24) is 15.5 Å². The average Bonchev–Trinajstić information content (AvgIpc) is 3.13. The zero-order valence-electron chi connectivity index (χ0n) is 16.0. The van der Waals surface area contributed by atoms with Gasteiger partial charge in [0.25, 0.3) is 5.22 Å². The van der Waals surface area contributed by atoms with Crippen LogP contribution in [-0.4, -0.2) is 27.6 Å². The molecule has 0 aliphatic carbocycles. The van der Waals surface area contributed by atoms with Crippen molar-refractivity contribution < 1.29 is 14.0 Å². The number of carbonyl (C=O) groups excluding carboxylic acids is 2. The van der Waals surface area contributed by atoms with Crippen molar-refractivity contribution in [3.05, 3.63) is 64.7 Å². The summed E-state index contributed by atoms with van der Waals surface area (Å²) in [4.78, 5) is 23.3. The summed E-state index contributed by atoms with van der Waals surface area (Å²) in [5.74, 6) is 0.544. The maximum Gasteiger partial charge on any atom is 0.277 e. The van der Waals surface area contributed by atoms with E-state index in [0.717, 1.165) is 22.3 Å². The molecule has 0 spiro atoms. The highest BCUT2D eigenvalue weighted by Gasteiger charge is 2.13. The molecule has 3 aromatic rings. The Bertz CT molecular complexity index is 976. The lowest BCUT2D eigenvalue weighted by Crippen LogP contribution is -2.18. The first-order valence-electron chi connectivity index (χ1n) is 8.82. The molecule has 1 amide bonds. The van der Waals surface area contributed by atoms with E-state index in [2.05, 4.69) is 21.6 Å². The van der Waals surface area contributed by atoms with Gasteiger partial charge in [-0.05, 0) is 31.5 Å². The smallest absolute Gasteiger partial charge is 0.277 e. The van der Waals surface area contributed by atoms with Crippen molar-refractivity contribution in [2.24, 2.45) is 0 Å². The molecule has 0 saturated carbocycles. The third kappa shape index (κ3) is 5.29. The highest BCUT2D eigenvalue weighted by atomic mass is 32.2. The van der Waals surface area contributed by atoms with E-state index in [1.165, 1.54) is 18.7 Å². The van der Waals surface area contributed by atoms with Crippen LogP contribution >= 0.6 is 11.8 Å². The molecule has 3 rings (SSSR count). The average molecular weight is 395 g/mol. The Labute approximate surface area is 167 Å². The van der Waals surface area contributed by atoms with E-state index in [1.54, 1.807) is 12.1 Å². The zero-order chi connectivity index (χ0) is 20.1. The van der Waals surface area contributed by atoms with E-state index < -0.39 is 0 Å². The van der Waals surface area contributed by atoms with Crippen molar-refractivity contribution in [1.29, 1.82) is 0 Å². The number of ketones is 1. The van der Waals surface area contributed by atoms with Crippen molar-refractivity contribution in [2.75, 3.05) is 5.75 Å². The van der Waals surface area contributed by atoms with Crippen LogP contribution in [-0.2, 0) is 11.3 Å². The summed E-state index contributed by atoms with van der Waals surface area (Å²) in [6, 6.07) is 13.2. The zero-order valence-corrected chi connectivity index (χ0v) is 16.8. The molecule has 1 heterocycles. The fourth-order valence-electron chi connectivity index (χ4n) is 2.73. The van der Waals surface area contributed by atoms with Gasteiger partial charge in [0, 0.05) is 24.6 Å². The second-order valence-corrected chi connectivity index (χ2v) is 7.49. The predicted octanol–water partition coefficient (Wildman–Crippen LogP) is 3.96. The Morgan fingerprint density at radius 2 is 1.71 bits per heavy atom. The summed E-state index contributed by atoms with van der Waals surface area (Å²) >= 11 is 1.22. The van der Waals surface area contributed by atoms with Crippen molar-refractivity contribution in [3.8, 4) is 11.5 Å². The van der Waals surface area contributed by atoms with Gasteiger partial charge >= 0.3 is 0 Å². The van der Waals surface area contributed by atoms with Crippen LogP contribution in [0.3, 0.4) is 0 Å². The van der Waals surface area contributed by atoms with Crippen molar-refractivity contribution in [3.63, 3.8) is 0 Å². The number of carbonyl (C=O) groups is 2. The number of aromatic nitrogens is 2. The number of benzene rings is 2. The molecule has 0 saturated heterocycles. The highest BCUT2D eigenvalue weighted by molar-refractivity contribution is 7.99. The lowest BCUT2D eigenvalue weighted by atomic mass is 10.1. The number of amides is 1. The molecule has 0 radical (unpaired) electrons. The van der Waals surface area contributed by atoms with E-state index >= 15 is 0 Å². The molecular weight excluding hydrogens is 374 g/mol. The fraction of sp³-hybridized carbons (Fsp3) is 0.238. The number of hydrogen-bond donors (Lipinski definition) is 1. The largest absolute Gasteiger partial charge is 0.411 e. The van der Waals surface area contributed by atoms with Gasteiger partial charge in [0.15, 0.2) is 5.78 Å². The van der Waals surface area contributed by atoms with Crippen LogP contribution in [0.25, 0.3) is 11.5 Å². The second-order valence-electron chi connectivity index (χ2n) is 6.57. The van der Waals surface area contributed by atoms with Crippen molar-refractivity contribution >= 4 is 23.5 Å². The number of aryl methyl sites for hydroxylation is 2. The molecule has 0 atom stereocenters. The number of thioether (sulfide) groups is 1. The number of nitrogens with one attached hydrogen (secondary N) is 1. The molecule has 7 heteroatoms. The molecule has 2 aromatic carbocycles. The number of hydrogen-bond acceptors (Lipinski definition) is 6. The molecule has 144 valence electrons. The summed E-state index contributed by atoms with van der Waals surface area (Å²) in [6.45, 7) is 5.95. The van der Waals surface area contributed by atoms with Crippen LogP contribution in [0.2, 0.25) is 0 Å². The van der Waals surface area contributed by atoms with Crippen molar-refractivity contribution in [2.45, 2.75) is 32.5 Å². The third-order valence-electron chi connectivity index (χ3n) is 4.02. The molecule has 0 fully saturated rings. The molecular formula is C21H21N3O3S. The Hall–Kier alpha value is -2.93. The molecule has 28 heavy (non-hydrogen) atoms. The summed E-state index contributed by atoms with van der Waals surface area (Å²) in [5.41, 5.74) is 4.67. The Morgan fingerprint density at radius 1 is 1.04 bits per heavy atom. The Morgan fingerprint density at radius 3 is 2.36 bits per heavy atom. The molecule has 0 aliphatic rings. The van der Waals surface area contributed by atoms with Crippen LogP contribution in [0.5, 0.6) is 0 Å². The quantitative estimate of drug-likeness (QED) is 0.481. The lowest BCUT2D eigenvalue weighted by Gasteiger charge is -2.04. The summed E-state index contributed by atoms with van der Waals surface area (Å²) in [7, 11) is 0. The van der Waals surface area contributed by atoms with Gasteiger partial charge in [-0.25, -0.2) is 0 Å². The minimum Gasteiger partial charge on any atom is -0.411 e. The van der Waals surface area contributed by atoms with Gasteiger partial charge in [-0.1, -0.05) is 53.2 Å². The van der Waals surface area contributed by atoms with Crippen LogP contribution in [0.1, 0.15) is 34.0 Å². The minimum atomic E-state index is -0.0868. The van der Waals surface area contributed by atoms with E-state index in [1.807, 2.05) is 38.1 Å². The topological polar surface area (TPSA) is 85.1 Å². The second kappa shape index (κ2) is 8.84. The number of Topliss-reactive ketones (excluding diaryl/α,β-unsaturated/α-hetero) is 1. The van der Waals surface area contributed by atoms with Crippen LogP contribution in [0.4, 0.5) is 0 Å². The fourth-order valence-corrected chi connectivity index (χ4v) is 3.39. The standard InChI is InChI=1S/C21H21N3O3S/c1-13-8-14(2)10-18(9-13)20-23-24-21(27-20)28-12-19(26)17-6-4-16(5-7-17)11-22-15(3)25/h4-10H,11-12H2,1-3H3,(H,22,25). The van der Waals surface area contributed by atoms with Crippen LogP contribution < -0.4 is 5.32 Å². The van der Waals surface area contributed by atoms with Gasteiger partial charge in [0.05, 0.1) is 5.75 Å². The van der Waals surface area contributed by atoms with E-state index in [4.69, 9.17) is 4.42 Å². The summed E-state index contributed by atoms with van der Waals surface area (Å²) in [6.07, 6.45) is 0. The molecule has 0 aliphatic heterocycles. The number of nitrogens with zero attached hydrogens (tertiary/aromatic N) is 2. The first-order chi connectivity index (χ1) is 13.4. The van der Waals surface area contributed by atoms with Gasteiger partial charge in [0.1, 0.15) is 0 Å². The van der Waals surface area contributed by atoms with Gasteiger partial charge in [-0.3, -0.25) is 9.59 Å². The maximum absolute atomic E-state index is 12.4. The maximum atomic E-state index is 12.4. The SMILES string of the molecule is CC(=O)NCc1ccc(C(=O)CSc2nnc(-c3cc(C)cc(C)c3)o2)cc1. The van der Waals surface area contributed by atoms with Crippen LogP contribution in [0.15, 0.2) is 52.1 Å². The van der Waals surface area contributed by atoms with E-state index in [-0.39, 0.29) is 17.4 Å². The van der Waals surface area contributed by atoms with Gasteiger partial charge in [-0.2, -0.15) is 0 Å². The summed E-state index contributed by atoms with van der Waals surface area (Å²) < 4.78 is 5.69.